The highest BCUT2D eigenvalue weighted by Gasteiger charge is 2.37. The van der Waals surface area contributed by atoms with Gasteiger partial charge >= 0.3 is 6.18 Å². The Kier molecular flexibility index (Phi) is 8.15. The van der Waals surface area contributed by atoms with Crippen molar-refractivity contribution >= 4 is 21.9 Å². The number of likely N-dealkylation sites (tertiary alicyclic amines) is 1. The van der Waals surface area contributed by atoms with E-state index in [1.165, 1.54) is 30.0 Å². The first-order valence-electron chi connectivity index (χ1n) is 11.9. The second-order valence-corrected chi connectivity index (χ2v) is 10.8. The van der Waals surface area contributed by atoms with E-state index in [9.17, 15) is 30.8 Å². The van der Waals surface area contributed by atoms with E-state index in [4.69, 9.17) is 10.3 Å². The number of nitrogens with zero attached hydrogens (tertiary/aromatic N) is 5. The fraction of sp³-hybridized carbons (Fsp3) is 0.435. The number of aromatic nitrogens is 4. The molecule has 1 aliphatic rings. The first-order chi connectivity index (χ1) is 18.3. The minimum Gasteiger partial charge on any atom is -0.368 e. The molecule has 3 heterocycles. The Labute approximate surface area is 220 Å². The standard InChI is InChI=1S/C23H25F4N7O4S/c1-13-16(20(23(25,26)27)31-22(28)29-13)10-18-30-19(38-32-18)11-34-8-3-2-7-17(21(34)35)33-39(36,37)12-14-5-4-6-15(24)9-14/h4-6,9,17,33H,2-3,7-8,10-12H2,1H3,(H2,28,29,31). The minimum absolute atomic E-state index is 0.0113. The lowest BCUT2D eigenvalue weighted by molar-refractivity contribution is -0.141. The molecule has 0 saturated carbocycles. The maximum absolute atomic E-state index is 13.5. The molecule has 1 amide bonds. The van der Waals surface area contributed by atoms with E-state index in [-0.39, 0.29) is 54.5 Å². The topological polar surface area (TPSA) is 157 Å². The molecule has 16 heteroatoms. The van der Waals surface area contributed by atoms with Gasteiger partial charge in [0.15, 0.2) is 11.5 Å². The molecule has 1 atom stereocenters. The number of nitrogens with one attached hydrogen (secondary N) is 1. The molecule has 39 heavy (non-hydrogen) atoms. The third-order valence-electron chi connectivity index (χ3n) is 6.02. The van der Waals surface area contributed by atoms with E-state index in [0.717, 1.165) is 6.07 Å². The van der Waals surface area contributed by atoms with Crippen LogP contribution in [0.25, 0.3) is 0 Å². The SMILES string of the molecule is Cc1nc(N)nc(C(F)(F)F)c1Cc1noc(CN2CCCCC(NS(=O)(=O)Cc3cccc(F)c3)C2=O)n1. The van der Waals surface area contributed by atoms with Gasteiger partial charge in [0.1, 0.15) is 18.4 Å². The van der Waals surface area contributed by atoms with Crippen LogP contribution in [0.2, 0.25) is 0 Å². The van der Waals surface area contributed by atoms with E-state index >= 15 is 0 Å². The van der Waals surface area contributed by atoms with Crippen molar-refractivity contribution in [1.82, 2.24) is 29.7 Å². The van der Waals surface area contributed by atoms with Crippen molar-refractivity contribution in [3.05, 3.63) is 64.3 Å². The number of halogens is 4. The van der Waals surface area contributed by atoms with Gasteiger partial charge in [-0.1, -0.05) is 17.3 Å². The average molecular weight is 572 g/mol. The summed E-state index contributed by atoms with van der Waals surface area (Å²) in [6, 6.07) is 4.09. The summed E-state index contributed by atoms with van der Waals surface area (Å²) in [6.07, 6.45) is -3.78. The zero-order valence-corrected chi connectivity index (χ0v) is 21.5. The number of nitrogens with two attached hydrogens (primary N) is 1. The molecule has 1 saturated heterocycles. The van der Waals surface area contributed by atoms with Crippen LogP contribution in [0.5, 0.6) is 0 Å². The third-order valence-corrected chi connectivity index (χ3v) is 7.38. The van der Waals surface area contributed by atoms with Gasteiger partial charge in [-0.05, 0) is 43.9 Å². The number of alkyl halides is 3. The largest absolute Gasteiger partial charge is 0.433 e. The van der Waals surface area contributed by atoms with E-state index in [1.807, 2.05) is 0 Å². The van der Waals surface area contributed by atoms with Gasteiger partial charge < -0.3 is 15.2 Å². The first-order valence-corrected chi connectivity index (χ1v) is 13.5. The third kappa shape index (κ3) is 7.26. The molecule has 1 aliphatic heterocycles. The van der Waals surface area contributed by atoms with Crippen LogP contribution in [0.4, 0.5) is 23.5 Å². The molecule has 1 fully saturated rings. The molecule has 0 spiro atoms. The molecule has 0 aliphatic carbocycles. The van der Waals surface area contributed by atoms with E-state index < -0.39 is 51.4 Å². The summed E-state index contributed by atoms with van der Waals surface area (Å²) < 4.78 is 86.8. The summed E-state index contributed by atoms with van der Waals surface area (Å²) in [5.74, 6) is -2.23. The van der Waals surface area contributed by atoms with Crippen molar-refractivity contribution in [1.29, 1.82) is 0 Å². The maximum atomic E-state index is 13.5. The molecule has 0 bridgehead atoms. The fourth-order valence-electron chi connectivity index (χ4n) is 4.29. The number of hydrogen-bond acceptors (Lipinski definition) is 9. The zero-order chi connectivity index (χ0) is 28.4. The number of anilines is 1. The molecular weight excluding hydrogens is 546 g/mol. The van der Waals surface area contributed by atoms with Crippen molar-refractivity contribution in [2.24, 2.45) is 0 Å². The lowest BCUT2D eigenvalue weighted by Gasteiger charge is -2.23. The normalized spacial score (nSPS) is 16.9. The van der Waals surface area contributed by atoms with Crippen LogP contribution in [0.3, 0.4) is 0 Å². The van der Waals surface area contributed by atoms with Crippen LogP contribution in [-0.4, -0.2) is 51.9 Å². The highest BCUT2D eigenvalue weighted by atomic mass is 32.2. The summed E-state index contributed by atoms with van der Waals surface area (Å²) >= 11 is 0. The smallest absolute Gasteiger partial charge is 0.368 e. The van der Waals surface area contributed by atoms with Gasteiger partial charge in [0.25, 0.3) is 0 Å². The van der Waals surface area contributed by atoms with E-state index in [0.29, 0.717) is 12.8 Å². The van der Waals surface area contributed by atoms with Crippen LogP contribution < -0.4 is 10.5 Å². The summed E-state index contributed by atoms with van der Waals surface area (Å²) in [6.45, 7) is 1.47. The van der Waals surface area contributed by atoms with Crippen molar-refractivity contribution < 1.29 is 35.3 Å². The number of sulfonamides is 1. The summed E-state index contributed by atoms with van der Waals surface area (Å²) in [7, 11) is -3.98. The quantitative estimate of drug-likeness (QED) is 0.388. The first kappa shape index (κ1) is 28.4. The Morgan fingerprint density at radius 2 is 1.97 bits per heavy atom. The second-order valence-electron chi connectivity index (χ2n) is 9.09. The number of amides is 1. The molecule has 1 aromatic carbocycles. The zero-order valence-electron chi connectivity index (χ0n) is 20.7. The minimum atomic E-state index is -4.78. The lowest BCUT2D eigenvalue weighted by atomic mass is 10.1. The van der Waals surface area contributed by atoms with Gasteiger partial charge in [-0.3, -0.25) is 4.79 Å². The number of aryl methyl sites for hydroxylation is 1. The maximum Gasteiger partial charge on any atom is 0.433 e. The molecule has 210 valence electrons. The number of carbonyl (C=O) groups excluding carboxylic acids is 1. The van der Waals surface area contributed by atoms with Crippen LogP contribution in [0.1, 0.15) is 53.5 Å². The lowest BCUT2D eigenvalue weighted by Crippen LogP contribution is -2.47. The molecule has 3 N–H and O–H groups in total. The number of rotatable bonds is 8. The molecule has 4 rings (SSSR count). The van der Waals surface area contributed by atoms with E-state index in [2.05, 4.69) is 24.8 Å². The number of nitrogen functional groups attached to an aromatic ring is 1. The molecule has 0 radical (unpaired) electrons. The summed E-state index contributed by atoms with van der Waals surface area (Å²) in [4.78, 5) is 25.7. The Morgan fingerprint density at radius 1 is 1.21 bits per heavy atom. The molecule has 2 aromatic heterocycles. The highest BCUT2D eigenvalue weighted by Crippen LogP contribution is 2.32. The number of benzene rings is 1. The van der Waals surface area contributed by atoms with Crippen LogP contribution in [-0.2, 0) is 39.7 Å². The monoisotopic (exact) mass is 571 g/mol. The Hall–Kier alpha value is -3.66. The van der Waals surface area contributed by atoms with Gasteiger partial charge in [0.2, 0.25) is 27.8 Å². The van der Waals surface area contributed by atoms with Crippen molar-refractivity contribution in [2.45, 2.75) is 57.1 Å². The highest BCUT2D eigenvalue weighted by molar-refractivity contribution is 7.88. The molecular formula is C23H25F4N7O4S. The average Bonchev–Trinajstić information content (AvgIpc) is 3.20. The van der Waals surface area contributed by atoms with Crippen LogP contribution >= 0.6 is 0 Å². The number of hydrogen-bond donors (Lipinski definition) is 2. The van der Waals surface area contributed by atoms with Gasteiger partial charge in [-0.25, -0.2) is 27.5 Å². The summed E-state index contributed by atoms with van der Waals surface area (Å²) in [5, 5.41) is 3.72. The fourth-order valence-corrected chi connectivity index (χ4v) is 5.64. The van der Waals surface area contributed by atoms with Crippen molar-refractivity contribution in [3.8, 4) is 0 Å². The Balaban J connectivity index is 1.46. The predicted molar refractivity (Wildman–Crippen MR) is 129 cm³/mol. The Bertz CT molecular complexity index is 1460. The van der Waals surface area contributed by atoms with Crippen LogP contribution in [0, 0.1) is 12.7 Å². The molecule has 1 unspecified atom stereocenters. The van der Waals surface area contributed by atoms with E-state index in [1.54, 1.807) is 0 Å². The summed E-state index contributed by atoms with van der Waals surface area (Å²) in [5.41, 5.74) is 4.16. The molecule has 11 nitrogen and oxygen atoms in total. The number of carbonyl (C=O) groups is 1. The van der Waals surface area contributed by atoms with Crippen molar-refractivity contribution in [3.63, 3.8) is 0 Å². The van der Waals surface area contributed by atoms with Crippen LogP contribution in [0.15, 0.2) is 28.8 Å². The molecule has 3 aromatic rings. The second kappa shape index (κ2) is 11.2. The predicted octanol–water partition coefficient (Wildman–Crippen LogP) is 2.50. The Morgan fingerprint density at radius 3 is 2.69 bits per heavy atom. The van der Waals surface area contributed by atoms with Gasteiger partial charge in [-0.2, -0.15) is 18.2 Å². The van der Waals surface area contributed by atoms with Crippen molar-refractivity contribution in [2.75, 3.05) is 12.3 Å². The van der Waals surface area contributed by atoms with Gasteiger partial charge in [-0.15, -0.1) is 0 Å². The van der Waals surface area contributed by atoms with Gasteiger partial charge in [0, 0.05) is 24.2 Å². The van der Waals surface area contributed by atoms with Gasteiger partial charge in [0.05, 0.1) is 5.75 Å².